The number of hydrogen-bond donors (Lipinski definition) is 0. The summed E-state index contributed by atoms with van der Waals surface area (Å²) in [5.41, 5.74) is 2.60. The van der Waals surface area contributed by atoms with Gasteiger partial charge in [-0.3, -0.25) is 0 Å². The van der Waals surface area contributed by atoms with Gasteiger partial charge < -0.3 is 4.43 Å². The summed E-state index contributed by atoms with van der Waals surface area (Å²) in [7, 11) is -1.75. The molecule has 1 aromatic rings. The first kappa shape index (κ1) is 15.3. The molecule has 0 aliphatic heterocycles. The van der Waals surface area contributed by atoms with E-state index in [9.17, 15) is 0 Å². The van der Waals surface area contributed by atoms with Gasteiger partial charge in [-0.15, -0.1) is 0 Å². The van der Waals surface area contributed by atoms with Crippen LogP contribution in [-0.2, 0) is 0 Å². The molecule has 1 rings (SSSR count). The molecular formula is C16H28OSi. The lowest BCUT2D eigenvalue weighted by Crippen LogP contribution is -2.44. The van der Waals surface area contributed by atoms with E-state index in [-0.39, 0.29) is 5.04 Å². The van der Waals surface area contributed by atoms with Crippen molar-refractivity contribution in [3.05, 3.63) is 29.3 Å². The highest BCUT2D eigenvalue weighted by Crippen LogP contribution is 2.39. The average molecular weight is 264 g/mol. The van der Waals surface area contributed by atoms with Crippen LogP contribution in [0.3, 0.4) is 0 Å². The molecule has 0 saturated carbocycles. The molecule has 0 aliphatic rings. The van der Waals surface area contributed by atoms with Crippen LogP contribution in [0.4, 0.5) is 0 Å². The predicted molar refractivity (Wildman–Crippen MR) is 83.1 cm³/mol. The van der Waals surface area contributed by atoms with E-state index in [1.165, 1.54) is 11.1 Å². The molecule has 0 unspecified atom stereocenters. The van der Waals surface area contributed by atoms with E-state index in [2.05, 4.69) is 72.8 Å². The van der Waals surface area contributed by atoms with Crippen LogP contribution in [-0.4, -0.2) is 8.32 Å². The third-order valence-electron chi connectivity index (χ3n) is 3.96. The summed E-state index contributed by atoms with van der Waals surface area (Å²) in [5, 5.41) is 0.241. The summed E-state index contributed by atoms with van der Waals surface area (Å²) in [6.07, 6.45) is 0. The normalized spacial score (nSPS) is 12.9. The molecule has 0 N–H and O–H groups in total. The van der Waals surface area contributed by atoms with Crippen LogP contribution in [0.5, 0.6) is 5.75 Å². The minimum absolute atomic E-state index is 0.241. The van der Waals surface area contributed by atoms with E-state index in [1.807, 2.05) is 0 Å². The molecule has 0 atom stereocenters. The Bertz CT molecular complexity index is 414. The first-order valence-electron chi connectivity index (χ1n) is 6.84. The van der Waals surface area contributed by atoms with Gasteiger partial charge in [0.2, 0.25) is 8.32 Å². The maximum atomic E-state index is 6.48. The summed E-state index contributed by atoms with van der Waals surface area (Å²) < 4.78 is 6.48. The van der Waals surface area contributed by atoms with Crippen LogP contribution < -0.4 is 4.43 Å². The maximum Gasteiger partial charge on any atom is 0.250 e. The predicted octanol–water partition coefficient (Wildman–Crippen LogP) is 5.50. The van der Waals surface area contributed by atoms with Gasteiger partial charge in [-0.2, -0.15) is 0 Å². The van der Waals surface area contributed by atoms with Crippen molar-refractivity contribution in [2.45, 2.75) is 65.6 Å². The molecule has 0 bridgehead atoms. The highest BCUT2D eigenvalue weighted by Gasteiger charge is 2.39. The molecule has 1 nitrogen and oxygen atoms in total. The lowest BCUT2D eigenvalue weighted by molar-refractivity contribution is 0.484. The van der Waals surface area contributed by atoms with Gasteiger partial charge in [-0.05, 0) is 48.2 Å². The Morgan fingerprint density at radius 2 is 1.67 bits per heavy atom. The van der Waals surface area contributed by atoms with Gasteiger partial charge in [-0.1, -0.05) is 46.8 Å². The van der Waals surface area contributed by atoms with Crippen LogP contribution in [0.25, 0.3) is 0 Å². The van der Waals surface area contributed by atoms with Crippen molar-refractivity contribution < 1.29 is 4.43 Å². The Labute approximate surface area is 114 Å². The van der Waals surface area contributed by atoms with Crippen LogP contribution in [0.2, 0.25) is 18.1 Å². The molecule has 0 fully saturated rings. The third-order valence-corrected chi connectivity index (χ3v) is 8.30. The van der Waals surface area contributed by atoms with Crippen molar-refractivity contribution in [1.29, 1.82) is 0 Å². The fourth-order valence-electron chi connectivity index (χ4n) is 1.63. The maximum absolute atomic E-state index is 6.48. The lowest BCUT2D eigenvalue weighted by atomic mass is 10.0. The summed E-state index contributed by atoms with van der Waals surface area (Å²) >= 11 is 0. The molecule has 0 aromatic heterocycles. The fourth-order valence-corrected chi connectivity index (χ4v) is 2.67. The zero-order valence-electron chi connectivity index (χ0n) is 13.2. The van der Waals surface area contributed by atoms with Crippen molar-refractivity contribution in [1.82, 2.24) is 0 Å². The van der Waals surface area contributed by atoms with Crippen LogP contribution >= 0.6 is 0 Å². The molecule has 0 heterocycles. The fraction of sp³-hybridized carbons (Fsp3) is 0.625. The number of aryl methyl sites for hydroxylation is 1. The van der Waals surface area contributed by atoms with Gasteiger partial charge in [0.25, 0.3) is 0 Å². The zero-order chi connectivity index (χ0) is 14.1. The summed E-state index contributed by atoms with van der Waals surface area (Å²) in [5.74, 6) is 1.60. The zero-order valence-corrected chi connectivity index (χ0v) is 14.2. The molecule has 102 valence electrons. The van der Waals surface area contributed by atoms with Crippen molar-refractivity contribution in [3.8, 4) is 5.75 Å². The second-order valence-electron chi connectivity index (χ2n) is 7.06. The van der Waals surface area contributed by atoms with E-state index in [4.69, 9.17) is 4.43 Å². The molecular weight excluding hydrogens is 236 g/mol. The number of hydrogen-bond acceptors (Lipinski definition) is 1. The minimum Gasteiger partial charge on any atom is -0.543 e. The number of benzene rings is 1. The monoisotopic (exact) mass is 264 g/mol. The van der Waals surface area contributed by atoms with Gasteiger partial charge in [-0.25, -0.2) is 0 Å². The second kappa shape index (κ2) is 5.08. The third kappa shape index (κ3) is 3.38. The van der Waals surface area contributed by atoms with Gasteiger partial charge in [0.05, 0.1) is 0 Å². The van der Waals surface area contributed by atoms with E-state index >= 15 is 0 Å². The minimum atomic E-state index is -1.75. The first-order chi connectivity index (χ1) is 8.04. The summed E-state index contributed by atoms with van der Waals surface area (Å²) in [4.78, 5) is 0. The molecule has 0 radical (unpaired) electrons. The average Bonchev–Trinajstić information content (AvgIpc) is 2.14. The van der Waals surface area contributed by atoms with E-state index in [0.717, 1.165) is 5.75 Å². The van der Waals surface area contributed by atoms with E-state index in [0.29, 0.717) is 5.92 Å². The molecule has 1 aromatic carbocycles. The molecule has 18 heavy (non-hydrogen) atoms. The van der Waals surface area contributed by atoms with Crippen LogP contribution in [0.1, 0.15) is 51.7 Å². The van der Waals surface area contributed by atoms with Gasteiger partial charge in [0.1, 0.15) is 5.75 Å². The SMILES string of the molecule is Cc1ccc(C(C)C)c(O[Si](C)(C)C(C)(C)C)c1. The molecule has 0 spiro atoms. The summed E-state index contributed by atoms with van der Waals surface area (Å²) in [6, 6.07) is 6.58. The van der Waals surface area contributed by atoms with Crippen molar-refractivity contribution in [2.24, 2.45) is 0 Å². The van der Waals surface area contributed by atoms with Gasteiger partial charge in [0.15, 0.2) is 0 Å². The second-order valence-corrected chi connectivity index (χ2v) is 11.8. The first-order valence-corrected chi connectivity index (χ1v) is 9.75. The van der Waals surface area contributed by atoms with Crippen LogP contribution in [0.15, 0.2) is 18.2 Å². The van der Waals surface area contributed by atoms with Gasteiger partial charge >= 0.3 is 0 Å². The van der Waals surface area contributed by atoms with Gasteiger partial charge in [0, 0.05) is 0 Å². The van der Waals surface area contributed by atoms with Crippen molar-refractivity contribution in [3.63, 3.8) is 0 Å². The Morgan fingerprint density at radius 1 is 1.11 bits per heavy atom. The molecule has 2 heteroatoms. The largest absolute Gasteiger partial charge is 0.543 e. The highest BCUT2D eigenvalue weighted by molar-refractivity contribution is 6.74. The highest BCUT2D eigenvalue weighted by atomic mass is 28.4. The molecule has 0 aliphatic carbocycles. The quantitative estimate of drug-likeness (QED) is 0.655. The van der Waals surface area contributed by atoms with Crippen molar-refractivity contribution in [2.75, 3.05) is 0 Å². The van der Waals surface area contributed by atoms with Crippen LogP contribution in [0, 0.1) is 6.92 Å². The Hall–Kier alpha value is -0.763. The van der Waals surface area contributed by atoms with E-state index < -0.39 is 8.32 Å². The summed E-state index contributed by atoms with van der Waals surface area (Å²) in [6.45, 7) is 18.0. The standard InChI is InChI=1S/C16H28OSi/c1-12(2)14-10-9-13(3)11-15(14)17-18(7,8)16(4,5)6/h9-12H,1-8H3. The molecule has 0 saturated heterocycles. The lowest BCUT2D eigenvalue weighted by Gasteiger charge is -2.37. The Kier molecular flexibility index (Phi) is 4.32. The Balaban J connectivity index is 3.14. The van der Waals surface area contributed by atoms with E-state index in [1.54, 1.807) is 0 Å². The molecule has 0 amide bonds. The Morgan fingerprint density at radius 3 is 2.11 bits per heavy atom. The number of rotatable bonds is 3. The van der Waals surface area contributed by atoms with Crippen molar-refractivity contribution >= 4 is 8.32 Å². The topological polar surface area (TPSA) is 9.23 Å². The smallest absolute Gasteiger partial charge is 0.250 e.